The summed E-state index contributed by atoms with van der Waals surface area (Å²) in [6.45, 7) is -0.00279. The standard InChI is InChI=1S/C15H14FN3O2/c16-13-5-6-14(12(10-13)4-1-2-9-20)18-15(21)11-19-8-3-7-17-19/h3,5-8,10,20H,2,9,11H2,(H,18,21). The molecule has 0 saturated carbocycles. The summed E-state index contributed by atoms with van der Waals surface area (Å²) < 4.78 is 14.7. The summed E-state index contributed by atoms with van der Waals surface area (Å²) in [6, 6.07) is 5.67. The first kappa shape index (κ1) is 14.8. The molecule has 1 heterocycles. The third kappa shape index (κ3) is 4.44. The van der Waals surface area contributed by atoms with Crippen molar-refractivity contribution in [1.82, 2.24) is 9.78 Å². The smallest absolute Gasteiger partial charge is 0.246 e. The Morgan fingerprint density at radius 3 is 3.05 bits per heavy atom. The summed E-state index contributed by atoms with van der Waals surface area (Å²) in [5, 5.41) is 15.3. The molecule has 2 N–H and O–H groups in total. The van der Waals surface area contributed by atoms with Crippen LogP contribution in [0.5, 0.6) is 0 Å². The van der Waals surface area contributed by atoms with Gasteiger partial charge in [-0.1, -0.05) is 11.8 Å². The molecule has 1 amide bonds. The third-order valence-corrected chi connectivity index (χ3v) is 2.58. The van der Waals surface area contributed by atoms with Crippen LogP contribution in [0.2, 0.25) is 0 Å². The minimum absolute atomic E-state index is 0.0634. The average Bonchev–Trinajstić information content (AvgIpc) is 2.95. The summed E-state index contributed by atoms with van der Waals surface area (Å²) in [5.74, 6) is 4.72. The van der Waals surface area contributed by atoms with Crippen molar-refractivity contribution in [2.45, 2.75) is 13.0 Å². The fourth-order valence-electron chi connectivity index (χ4n) is 1.67. The van der Waals surface area contributed by atoms with Crippen LogP contribution in [-0.2, 0) is 11.3 Å². The van der Waals surface area contributed by atoms with Crippen LogP contribution < -0.4 is 5.32 Å². The van der Waals surface area contributed by atoms with Gasteiger partial charge in [0.2, 0.25) is 5.91 Å². The van der Waals surface area contributed by atoms with Crippen LogP contribution >= 0.6 is 0 Å². The lowest BCUT2D eigenvalue weighted by Crippen LogP contribution is -2.19. The Morgan fingerprint density at radius 2 is 2.33 bits per heavy atom. The molecule has 0 spiro atoms. The Morgan fingerprint density at radius 1 is 1.48 bits per heavy atom. The number of hydrogen-bond donors (Lipinski definition) is 2. The van der Waals surface area contributed by atoms with Crippen molar-refractivity contribution >= 4 is 11.6 Å². The highest BCUT2D eigenvalue weighted by Gasteiger charge is 2.07. The van der Waals surface area contributed by atoms with Gasteiger partial charge in [0.25, 0.3) is 0 Å². The quantitative estimate of drug-likeness (QED) is 0.835. The molecule has 6 heteroatoms. The van der Waals surface area contributed by atoms with E-state index in [9.17, 15) is 9.18 Å². The summed E-state index contributed by atoms with van der Waals surface area (Å²) in [5.41, 5.74) is 0.802. The van der Waals surface area contributed by atoms with Gasteiger partial charge in [0.05, 0.1) is 17.9 Å². The van der Waals surface area contributed by atoms with Gasteiger partial charge < -0.3 is 10.4 Å². The number of nitrogens with zero attached hydrogens (tertiary/aromatic N) is 2. The maximum atomic E-state index is 13.3. The number of rotatable bonds is 4. The molecule has 0 saturated heterocycles. The maximum absolute atomic E-state index is 13.3. The van der Waals surface area contributed by atoms with E-state index in [1.165, 1.54) is 22.9 Å². The molecule has 5 nitrogen and oxygen atoms in total. The number of hydrogen-bond acceptors (Lipinski definition) is 3. The zero-order chi connectivity index (χ0) is 15.1. The summed E-state index contributed by atoms with van der Waals surface area (Å²) in [7, 11) is 0. The van der Waals surface area contributed by atoms with Crippen LogP contribution in [0.1, 0.15) is 12.0 Å². The number of benzene rings is 1. The van der Waals surface area contributed by atoms with Crippen LogP contribution in [0.3, 0.4) is 0 Å². The van der Waals surface area contributed by atoms with Gasteiger partial charge in [-0.05, 0) is 24.3 Å². The number of aliphatic hydroxyl groups excluding tert-OH is 1. The number of halogens is 1. The van der Waals surface area contributed by atoms with Gasteiger partial charge in [-0.25, -0.2) is 4.39 Å². The van der Waals surface area contributed by atoms with E-state index >= 15 is 0 Å². The first-order chi connectivity index (χ1) is 10.2. The van der Waals surface area contributed by atoms with Crippen molar-refractivity contribution in [2.75, 3.05) is 11.9 Å². The van der Waals surface area contributed by atoms with Gasteiger partial charge >= 0.3 is 0 Å². The van der Waals surface area contributed by atoms with Gasteiger partial charge in [0, 0.05) is 18.8 Å². The van der Waals surface area contributed by atoms with Crippen molar-refractivity contribution in [3.05, 3.63) is 48.0 Å². The van der Waals surface area contributed by atoms with Gasteiger partial charge in [0.15, 0.2) is 0 Å². The zero-order valence-electron chi connectivity index (χ0n) is 11.2. The summed E-state index contributed by atoms with van der Waals surface area (Å²) >= 11 is 0. The number of aliphatic hydroxyl groups is 1. The molecule has 1 aromatic carbocycles. The predicted octanol–water partition coefficient (Wildman–Crippen LogP) is 1.39. The summed E-state index contributed by atoms with van der Waals surface area (Å²) in [4.78, 5) is 11.9. The highest BCUT2D eigenvalue weighted by Crippen LogP contribution is 2.16. The largest absolute Gasteiger partial charge is 0.395 e. The normalized spacial score (nSPS) is 9.81. The molecule has 0 fully saturated rings. The van der Waals surface area contributed by atoms with Crippen molar-refractivity contribution in [3.63, 3.8) is 0 Å². The monoisotopic (exact) mass is 287 g/mol. The second kappa shape index (κ2) is 7.22. The lowest BCUT2D eigenvalue weighted by Gasteiger charge is -2.08. The number of carbonyl (C=O) groups excluding carboxylic acids is 1. The Hall–Kier alpha value is -2.65. The molecule has 0 aliphatic rings. The molecule has 2 rings (SSSR count). The van der Waals surface area contributed by atoms with E-state index in [2.05, 4.69) is 22.3 Å². The van der Waals surface area contributed by atoms with Crippen molar-refractivity contribution in [3.8, 4) is 11.8 Å². The van der Waals surface area contributed by atoms with E-state index in [4.69, 9.17) is 5.11 Å². The van der Waals surface area contributed by atoms with Gasteiger partial charge in [-0.2, -0.15) is 5.10 Å². The average molecular weight is 287 g/mol. The molecule has 21 heavy (non-hydrogen) atoms. The van der Waals surface area contributed by atoms with Crippen LogP contribution in [-0.4, -0.2) is 27.4 Å². The Bertz CT molecular complexity index is 672. The highest BCUT2D eigenvalue weighted by molar-refractivity contribution is 5.92. The fourth-order valence-corrected chi connectivity index (χ4v) is 1.67. The van der Waals surface area contributed by atoms with Crippen molar-refractivity contribution in [2.24, 2.45) is 0 Å². The van der Waals surface area contributed by atoms with E-state index in [1.807, 2.05) is 0 Å². The lowest BCUT2D eigenvalue weighted by atomic mass is 10.1. The number of anilines is 1. The zero-order valence-corrected chi connectivity index (χ0v) is 11.2. The molecule has 0 bridgehead atoms. The predicted molar refractivity (Wildman–Crippen MR) is 75.8 cm³/mol. The molecule has 108 valence electrons. The van der Waals surface area contributed by atoms with Crippen molar-refractivity contribution < 1.29 is 14.3 Å². The Balaban J connectivity index is 2.12. The number of carbonyl (C=O) groups is 1. The number of amides is 1. The second-order valence-electron chi connectivity index (χ2n) is 4.22. The molecule has 0 aliphatic heterocycles. The Kier molecular flexibility index (Phi) is 5.07. The van der Waals surface area contributed by atoms with Gasteiger partial charge in [0.1, 0.15) is 12.4 Å². The summed E-state index contributed by atoms with van der Waals surface area (Å²) in [6.07, 6.45) is 3.54. The molecule has 0 aliphatic carbocycles. The maximum Gasteiger partial charge on any atom is 0.246 e. The number of nitrogens with one attached hydrogen (secondary N) is 1. The second-order valence-corrected chi connectivity index (χ2v) is 4.22. The van der Waals surface area contributed by atoms with Crippen LogP contribution in [0, 0.1) is 17.7 Å². The van der Waals surface area contributed by atoms with Gasteiger partial charge in [-0.3, -0.25) is 9.48 Å². The SMILES string of the molecule is O=C(Cn1cccn1)Nc1ccc(F)cc1C#CCCO. The molecular weight excluding hydrogens is 273 g/mol. The van der Waals surface area contributed by atoms with E-state index in [-0.39, 0.29) is 25.5 Å². The van der Waals surface area contributed by atoms with E-state index in [0.717, 1.165) is 0 Å². The van der Waals surface area contributed by atoms with Crippen LogP contribution in [0.15, 0.2) is 36.7 Å². The molecule has 0 unspecified atom stereocenters. The first-order valence-corrected chi connectivity index (χ1v) is 6.35. The Labute approximate surface area is 121 Å². The van der Waals surface area contributed by atoms with E-state index in [0.29, 0.717) is 11.3 Å². The molecular formula is C15H14FN3O2. The highest BCUT2D eigenvalue weighted by atomic mass is 19.1. The fraction of sp³-hybridized carbons (Fsp3) is 0.200. The van der Waals surface area contributed by atoms with Crippen molar-refractivity contribution in [1.29, 1.82) is 0 Å². The van der Waals surface area contributed by atoms with Crippen LogP contribution in [0.25, 0.3) is 0 Å². The minimum atomic E-state index is -0.437. The molecule has 1 aromatic heterocycles. The lowest BCUT2D eigenvalue weighted by molar-refractivity contribution is -0.116. The molecule has 0 atom stereocenters. The third-order valence-electron chi connectivity index (χ3n) is 2.58. The van der Waals surface area contributed by atoms with Crippen LogP contribution in [0.4, 0.5) is 10.1 Å². The molecule has 0 radical (unpaired) electrons. The number of aromatic nitrogens is 2. The van der Waals surface area contributed by atoms with E-state index < -0.39 is 5.82 Å². The minimum Gasteiger partial charge on any atom is -0.395 e. The topological polar surface area (TPSA) is 67.2 Å². The van der Waals surface area contributed by atoms with Gasteiger partial charge in [-0.15, -0.1) is 0 Å². The molecule has 2 aromatic rings. The first-order valence-electron chi connectivity index (χ1n) is 6.35. The van der Waals surface area contributed by atoms with E-state index in [1.54, 1.807) is 18.5 Å².